The van der Waals surface area contributed by atoms with Crippen molar-refractivity contribution in [1.29, 1.82) is 0 Å². The van der Waals surface area contributed by atoms with Gasteiger partial charge in [0, 0.05) is 32.2 Å². The van der Waals surface area contributed by atoms with E-state index in [-0.39, 0.29) is 30.1 Å². The second-order valence-corrected chi connectivity index (χ2v) is 7.78. The third kappa shape index (κ3) is 6.70. The zero-order chi connectivity index (χ0) is 19.9. The van der Waals surface area contributed by atoms with Crippen molar-refractivity contribution in [3.8, 4) is 0 Å². The Morgan fingerprint density at radius 1 is 1.24 bits per heavy atom. The van der Waals surface area contributed by atoms with E-state index in [4.69, 9.17) is 9.26 Å². The number of hydrogen-bond donors (Lipinski definition) is 2. The Balaban J connectivity index is 0.00000300. The fourth-order valence-electron chi connectivity index (χ4n) is 3.48. The predicted octanol–water partition coefficient (Wildman–Crippen LogP) is 4.56. The van der Waals surface area contributed by atoms with Crippen LogP contribution in [0, 0.1) is 12.8 Å². The molecule has 1 aromatic heterocycles. The van der Waals surface area contributed by atoms with Gasteiger partial charge in [-0.2, -0.15) is 0 Å². The molecule has 2 heterocycles. The number of aryl methyl sites for hydroxylation is 1. The number of rotatable bonds is 6. The van der Waals surface area contributed by atoms with E-state index in [0.29, 0.717) is 18.4 Å². The highest BCUT2D eigenvalue weighted by Gasteiger charge is 2.27. The molecular weight excluding hydrogens is 479 g/mol. The number of halogens is 1. The van der Waals surface area contributed by atoms with Gasteiger partial charge in [0.15, 0.2) is 11.7 Å². The topological polar surface area (TPSA) is 71.7 Å². The molecule has 0 spiro atoms. The molecule has 0 aliphatic carbocycles. The Morgan fingerprint density at radius 2 is 2.00 bits per heavy atom. The van der Waals surface area contributed by atoms with E-state index >= 15 is 0 Å². The zero-order valence-electron chi connectivity index (χ0n) is 17.8. The molecule has 1 aliphatic heterocycles. The third-order valence-corrected chi connectivity index (χ3v) is 5.20. The van der Waals surface area contributed by atoms with Gasteiger partial charge in [0.25, 0.3) is 0 Å². The number of aliphatic imine (C=N–C) groups is 1. The molecule has 29 heavy (non-hydrogen) atoms. The summed E-state index contributed by atoms with van der Waals surface area (Å²) in [6, 6.07) is 10.7. The molecule has 0 bridgehead atoms. The number of ether oxygens (including phenoxy) is 1. The number of hydrogen-bond acceptors (Lipinski definition) is 4. The van der Waals surface area contributed by atoms with Crippen molar-refractivity contribution in [3.05, 3.63) is 52.9 Å². The Hall–Kier alpha value is -1.61. The van der Waals surface area contributed by atoms with Crippen LogP contribution < -0.4 is 10.6 Å². The summed E-state index contributed by atoms with van der Waals surface area (Å²) in [7, 11) is 1.78. The summed E-state index contributed by atoms with van der Waals surface area (Å²) in [5.41, 5.74) is 3.50. The van der Waals surface area contributed by atoms with Crippen LogP contribution in [0.25, 0.3) is 0 Å². The lowest BCUT2D eigenvalue weighted by molar-refractivity contribution is -0.0265. The van der Waals surface area contributed by atoms with Crippen molar-refractivity contribution in [2.75, 3.05) is 20.2 Å². The summed E-state index contributed by atoms with van der Waals surface area (Å²) in [6.45, 7) is 8.51. The first-order chi connectivity index (χ1) is 13.6. The van der Waals surface area contributed by atoms with Gasteiger partial charge in [-0.15, -0.1) is 24.0 Å². The highest BCUT2D eigenvalue weighted by Crippen LogP contribution is 2.33. The Kier molecular flexibility index (Phi) is 9.42. The number of nitrogens with zero attached hydrogens (tertiary/aromatic N) is 2. The number of aromatic nitrogens is 1. The number of benzene rings is 1. The van der Waals surface area contributed by atoms with Crippen LogP contribution in [0.1, 0.15) is 61.3 Å². The van der Waals surface area contributed by atoms with Crippen molar-refractivity contribution in [2.24, 2.45) is 10.9 Å². The molecule has 6 nitrogen and oxygen atoms in total. The van der Waals surface area contributed by atoms with Crippen LogP contribution in [-0.4, -0.2) is 31.3 Å². The van der Waals surface area contributed by atoms with Crippen molar-refractivity contribution in [1.82, 2.24) is 15.8 Å². The van der Waals surface area contributed by atoms with E-state index in [2.05, 4.69) is 65.8 Å². The summed E-state index contributed by atoms with van der Waals surface area (Å²) in [4.78, 5) is 4.33. The van der Waals surface area contributed by atoms with Gasteiger partial charge < -0.3 is 19.9 Å². The molecule has 1 saturated heterocycles. The van der Waals surface area contributed by atoms with E-state index in [1.807, 2.05) is 6.07 Å². The average Bonchev–Trinajstić information content (AvgIpc) is 3.18. The maximum absolute atomic E-state index is 6.11. The zero-order valence-corrected chi connectivity index (χ0v) is 20.1. The Morgan fingerprint density at radius 3 is 2.66 bits per heavy atom. The quantitative estimate of drug-likeness (QED) is 0.338. The normalized spacial score (nSPS) is 19.7. The first-order valence-corrected chi connectivity index (χ1v) is 10.1. The molecule has 2 atom stereocenters. The fourth-order valence-corrected chi connectivity index (χ4v) is 3.48. The molecule has 1 aromatic carbocycles. The van der Waals surface area contributed by atoms with Gasteiger partial charge in [0.1, 0.15) is 0 Å². The molecule has 2 N–H and O–H groups in total. The van der Waals surface area contributed by atoms with Gasteiger partial charge in [0.2, 0.25) is 0 Å². The highest BCUT2D eigenvalue weighted by atomic mass is 127. The lowest BCUT2D eigenvalue weighted by Crippen LogP contribution is -2.41. The van der Waals surface area contributed by atoms with Gasteiger partial charge in [0.05, 0.1) is 18.3 Å². The van der Waals surface area contributed by atoms with E-state index < -0.39 is 0 Å². The highest BCUT2D eigenvalue weighted by molar-refractivity contribution is 14.0. The minimum Gasteiger partial charge on any atom is -0.373 e. The molecule has 2 aromatic rings. The van der Waals surface area contributed by atoms with Crippen LogP contribution in [0.3, 0.4) is 0 Å². The van der Waals surface area contributed by atoms with Gasteiger partial charge in [-0.1, -0.05) is 48.8 Å². The Labute approximate surface area is 190 Å². The maximum Gasteiger partial charge on any atom is 0.191 e. The van der Waals surface area contributed by atoms with Crippen LogP contribution in [0.5, 0.6) is 0 Å². The molecule has 1 fully saturated rings. The second-order valence-electron chi connectivity index (χ2n) is 7.78. The molecule has 160 valence electrons. The van der Waals surface area contributed by atoms with Crippen molar-refractivity contribution >= 4 is 29.9 Å². The van der Waals surface area contributed by atoms with E-state index in [0.717, 1.165) is 43.4 Å². The molecule has 0 saturated carbocycles. The minimum absolute atomic E-state index is 0. The van der Waals surface area contributed by atoms with Gasteiger partial charge in [-0.05, 0) is 31.2 Å². The molecular formula is C22H33IN4O2. The van der Waals surface area contributed by atoms with Crippen molar-refractivity contribution in [3.63, 3.8) is 0 Å². The largest absolute Gasteiger partial charge is 0.373 e. The van der Waals surface area contributed by atoms with Crippen LogP contribution in [-0.2, 0) is 11.3 Å². The van der Waals surface area contributed by atoms with Gasteiger partial charge in [-0.3, -0.25) is 4.99 Å². The van der Waals surface area contributed by atoms with Crippen molar-refractivity contribution < 1.29 is 9.26 Å². The number of guanidine groups is 1. The van der Waals surface area contributed by atoms with Crippen molar-refractivity contribution in [2.45, 2.75) is 52.2 Å². The Bertz CT molecular complexity index is 773. The fraction of sp³-hybridized carbons (Fsp3) is 0.545. The summed E-state index contributed by atoms with van der Waals surface area (Å²) < 4.78 is 11.5. The van der Waals surface area contributed by atoms with Crippen LogP contribution in [0.4, 0.5) is 0 Å². The molecule has 2 unspecified atom stereocenters. The maximum atomic E-state index is 6.11. The SMILES string of the molecule is CN=C(NCc1cc(C(C)C)no1)NCC1CCCOC1c1ccc(C)cc1.I. The molecule has 0 amide bonds. The lowest BCUT2D eigenvalue weighted by atomic mass is 9.89. The second kappa shape index (κ2) is 11.5. The average molecular weight is 512 g/mol. The summed E-state index contributed by atoms with van der Waals surface area (Å²) in [5, 5.41) is 10.8. The van der Waals surface area contributed by atoms with E-state index in [9.17, 15) is 0 Å². The van der Waals surface area contributed by atoms with Crippen LogP contribution in [0.15, 0.2) is 39.8 Å². The first kappa shape index (κ1) is 23.7. The van der Waals surface area contributed by atoms with E-state index in [1.165, 1.54) is 11.1 Å². The molecule has 3 rings (SSSR count). The monoisotopic (exact) mass is 512 g/mol. The van der Waals surface area contributed by atoms with Crippen LogP contribution >= 0.6 is 24.0 Å². The summed E-state index contributed by atoms with van der Waals surface area (Å²) >= 11 is 0. The lowest BCUT2D eigenvalue weighted by Gasteiger charge is -2.32. The van der Waals surface area contributed by atoms with Gasteiger partial charge in [-0.25, -0.2) is 0 Å². The summed E-state index contributed by atoms with van der Waals surface area (Å²) in [5.74, 6) is 2.34. The first-order valence-electron chi connectivity index (χ1n) is 10.1. The van der Waals surface area contributed by atoms with Gasteiger partial charge >= 0.3 is 0 Å². The third-order valence-electron chi connectivity index (χ3n) is 5.20. The molecule has 0 radical (unpaired) electrons. The van der Waals surface area contributed by atoms with E-state index in [1.54, 1.807) is 7.05 Å². The minimum atomic E-state index is 0. The summed E-state index contributed by atoms with van der Waals surface area (Å²) in [6.07, 6.45) is 2.36. The predicted molar refractivity (Wildman–Crippen MR) is 127 cm³/mol. The number of nitrogens with one attached hydrogen (secondary N) is 2. The molecule has 7 heteroatoms. The standard InChI is InChI=1S/C22H32N4O2.HI/c1-15(2)20-12-19(28-26-20)14-25-22(23-4)24-13-18-6-5-11-27-21(18)17-9-7-16(3)8-10-17;/h7-10,12,15,18,21H,5-6,11,13-14H2,1-4H3,(H2,23,24,25);1H. The molecule has 1 aliphatic rings. The smallest absolute Gasteiger partial charge is 0.191 e. The van der Waals surface area contributed by atoms with Crippen LogP contribution in [0.2, 0.25) is 0 Å².